The van der Waals surface area contributed by atoms with Crippen LogP contribution >= 0.6 is 0 Å². The van der Waals surface area contributed by atoms with Gasteiger partial charge in [0.15, 0.2) is 0 Å². The number of hydrogen-bond donors (Lipinski definition) is 3. The monoisotopic (exact) mass is 150 g/mol. The van der Waals surface area contributed by atoms with Gasteiger partial charge in [-0.1, -0.05) is 0 Å². The molecular formula is C6H16NO3+. The second-order valence-electron chi connectivity index (χ2n) is 2.31. The van der Waals surface area contributed by atoms with Gasteiger partial charge >= 0.3 is 0 Å². The molecule has 62 valence electrons. The predicted molar refractivity (Wildman–Crippen MR) is 36.5 cm³/mol. The molecule has 4 heteroatoms. The van der Waals surface area contributed by atoms with Crippen LogP contribution in [0.15, 0.2) is 0 Å². The van der Waals surface area contributed by atoms with Crippen LogP contribution < -0.4 is 0 Å². The summed E-state index contributed by atoms with van der Waals surface area (Å²) in [5.74, 6) is 0. The summed E-state index contributed by atoms with van der Waals surface area (Å²) in [5.41, 5.74) is 0. The molecule has 0 aliphatic carbocycles. The van der Waals surface area contributed by atoms with Crippen LogP contribution in [0.2, 0.25) is 0 Å². The fourth-order valence-corrected chi connectivity index (χ4v) is 0.800. The molecule has 0 saturated carbocycles. The second-order valence-corrected chi connectivity index (χ2v) is 2.31. The van der Waals surface area contributed by atoms with Gasteiger partial charge < -0.3 is 10.2 Å². The zero-order valence-corrected chi connectivity index (χ0v) is 6.32. The fraction of sp³-hybridized carbons (Fsp3) is 1.00. The Morgan fingerprint density at radius 1 is 1.10 bits per heavy atom. The zero-order valence-electron chi connectivity index (χ0n) is 6.32. The smallest absolute Gasteiger partial charge is 0.132 e. The summed E-state index contributed by atoms with van der Waals surface area (Å²) in [5, 5.41) is 26.4. The molecule has 0 atom stereocenters. The highest BCUT2D eigenvalue weighted by molar-refractivity contribution is 4.30. The van der Waals surface area contributed by atoms with E-state index in [1.54, 1.807) is 0 Å². The Bertz CT molecular complexity index is 81.1. The summed E-state index contributed by atoms with van der Waals surface area (Å²) < 4.78 is -0.243. The maximum absolute atomic E-state index is 9.44. The van der Waals surface area contributed by atoms with Gasteiger partial charge in [0.25, 0.3) is 0 Å². The van der Waals surface area contributed by atoms with Crippen LogP contribution in [0.1, 0.15) is 6.92 Å². The topological polar surface area (TPSA) is 60.7 Å². The van der Waals surface area contributed by atoms with Crippen molar-refractivity contribution in [3.8, 4) is 0 Å². The summed E-state index contributed by atoms with van der Waals surface area (Å²) in [6, 6.07) is 0. The van der Waals surface area contributed by atoms with Gasteiger partial charge in [0, 0.05) is 0 Å². The average molecular weight is 150 g/mol. The Morgan fingerprint density at radius 2 is 1.50 bits per heavy atom. The molecule has 0 amide bonds. The van der Waals surface area contributed by atoms with E-state index in [1.807, 2.05) is 6.92 Å². The summed E-state index contributed by atoms with van der Waals surface area (Å²) in [7, 11) is 0. The molecule has 4 nitrogen and oxygen atoms in total. The van der Waals surface area contributed by atoms with Gasteiger partial charge in [-0.15, -0.1) is 0 Å². The highest BCUT2D eigenvalue weighted by Crippen LogP contribution is 1.98. The van der Waals surface area contributed by atoms with Gasteiger partial charge in [-0.05, 0) is 6.92 Å². The first kappa shape index (κ1) is 9.84. The third kappa shape index (κ3) is 3.12. The number of nitrogens with zero attached hydrogens (tertiary/aromatic N) is 1. The second kappa shape index (κ2) is 4.62. The molecule has 0 fully saturated rings. The quantitative estimate of drug-likeness (QED) is 0.355. The van der Waals surface area contributed by atoms with Crippen LogP contribution in [-0.4, -0.2) is 52.9 Å². The van der Waals surface area contributed by atoms with Crippen LogP contribution in [0.3, 0.4) is 0 Å². The van der Waals surface area contributed by atoms with E-state index in [1.165, 1.54) is 0 Å². The van der Waals surface area contributed by atoms with E-state index in [2.05, 4.69) is 0 Å². The van der Waals surface area contributed by atoms with Gasteiger partial charge in [-0.25, -0.2) is 5.21 Å². The molecule has 0 aliphatic heterocycles. The number of aliphatic hydroxyl groups is 2. The normalized spacial score (nSPS) is 12.0. The summed E-state index contributed by atoms with van der Waals surface area (Å²) in [4.78, 5) is 0. The number of quaternary nitrogens is 1. The van der Waals surface area contributed by atoms with Crippen molar-refractivity contribution in [3.63, 3.8) is 0 Å². The van der Waals surface area contributed by atoms with E-state index < -0.39 is 0 Å². The van der Waals surface area contributed by atoms with Crippen molar-refractivity contribution >= 4 is 0 Å². The first-order valence-corrected chi connectivity index (χ1v) is 3.49. The van der Waals surface area contributed by atoms with Crippen molar-refractivity contribution in [1.29, 1.82) is 0 Å². The van der Waals surface area contributed by atoms with E-state index in [9.17, 15) is 5.21 Å². The standard InChI is InChI=1S/C6H16NO3/c1-2-7(10,3-5-8)4-6-9/h8-10H,2-6H2,1H3/q+1. The van der Waals surface area contributed by atoms with Crippen LogP contribution in [0, 0.1) is 0 Å². The lowest BCUT2D eigenvalue weighted by molar-refractivity contribution is -1.10. The third-order valence-electron chi connectivity index (χ3n) is 1.62. The lowest BCUT2D eigenvalue weighted by atomic mass is 10.4. The molecule has 0 heterocycles. The minimum absolute atomic E-state index is 0.0513. The molecule has 0 rings (SSSR count). The maximum Gasteiger partial charge on any atom is 0.132 e. The molecule has 10 heavy (non-hydrogen) atoms. The number of likely N-dealkylation sites (N-methyl/N-ethyl adjacent to an activating group) is 1. The molecule has 0 saturated heterocycles. The van der Waals surface area contributed by atoms with E-state index in [-0.39, 0.29) is 30.9 Å². The molecule has 0 spiro atoms. The number of aliphatic hydroxyl groups excluding tert-OH is 2. The van der Waals surface area contributed by atoms with E-state index in [0.29, 0.717) is 6.54 Å². The largest absolute Gasteiger partial charge is 0.390 e. The summed E-state index contributed by atoms with van der Waals surface area (Å²) in [6.45, 7) is 2.80. The molecule has 0 aromatic rings. The molecular weight excluding hydrogens is 134 g/mol. The van der Waals surface area contributed by atoms with Crippen LogP contribution in [0.25, 0.3) is 0 Å². The van der Waals surface area contributed by atoms with E-state index in [4.69, 9.17) is 10.2 Å². The first-order chi connectivity index (χ1) is 4.68. The van der Waals surface area contributed by atoms with Crippen molar-refractivity contribution in [1.82, 2.24) is 0 Å². The lowest BCUT2D eigenvalue weighted by Crippen LogP contribution is -2.48. The first-order valence-electron chi connectivity index (χ1n) is 3.49. The summed E-state index contributed by atoms with van der Waals surface area (Å²) >= 11 is 0. The number of hydrogen-bond acceptors (Lipinski definition) is 3. The van der Waals surface area contributed by atoms with Crippen LogP contribution in [0.4, 0.5) is 0 Å². The molecule has 0 unspecified atom stereocenters. The van der Waals surface area contributed by atoms with Crippen molar-refractivity contribution < 1.29 is 20.1 Å². The van der Waals surface area contributed by atoms with Gasteiger partial charge in [-0.2, -0.15) is 4.65 Å². The molecule has 0 aromatic carbocycles. The lowest BCUT2D eigenvalue weighted by Gasteiger charge is -2.26. The molecule has 0 aromatic heterocycles. The van der Waals surface area contributed by atoms with Gasteiger partial charge in [0.05, 0.1) is 13.2 Å². The van der Waals surface area contributed by atoms with Gasteiger partial charge in [0.1, 0.15) is 19.6 Å². The SMILES string of the molecule is CC[N+](O)(CCO)CCO. The minimum Gasteiger partial charge on any atom is -0.390 e. The van der Waals surface area contributed by atoms with Crippen LogP contribution in [0.5, 0.6) is 0 Å². The Balaban J connectivity index is 3.69. The van der Waals surface area contributed by atoms with Crippen molar-refractivity contribution in [2.75, 3.05) is 32.8 Å². The summed E-state index contributed by atoms with van der Waals surface area (Å²) in [6.07, 6.45) is 0. The zero-order chi connectivity index (χ0) is 8.04. The number of hydroxylamine groups is 3. The molecule has 3 N–H and O–H groups in total. The predicted octanol–water partition coefficient (Wildman–Crippen LogP) is -0.803. The minimum atomic E-state index is -0.243. The van der Waals surface area contributed by atoms with Gasteiger partial charge in [-0.3, -0.25) is 0 Å². The van der Waals surface area contributed by atoms with Crippen LogP contribution in [-0.2, 0) is 0 Å². The fourth-order valence-electron chi connectivity index (χ4n) is 0.800. The van der Waals surface area contributed by atoms with E-state index in [0.717, 1.165) is 0 Å². The van der Waals surface area contributed by atoms with E-state index >= 15 is 0 Å². The third-order valence-corrected chi connectivity index (χ3v) is 1.62. The Morgan fingerprint density at radius 3 is 1.70 bits per heavy atom. The Hall–Kier alpha value is -0.160. The van der Waals surface area contributed by atoms with Crippen molar-refractivity contribution in [2.24, 2.45) is 0 Å². The highest BCUT2D eigenvalue weighted by Gasteiger charge is 2.20. The van der Waals surface area contributed by atoms with Gasteiger partial charge in [0.2, 0.25) is 0 Å². The Kier molecular flexibility index (Phi) is 4.55. The molecule has 0 aliphatic rings. The van der Waals surface area contributed by atoms with Crippen molar-refractivity contribution in [3.05, 3.63) is 0 Å². The molecule has 0 bridgehead atoms. The Labute approximate surface area is 60.9 Å². The average Bonchev–Trinajstić information content (AvgIpc) is 1.89. The highest BCUT2D eigenvalue weighted by atomic mass is 16.5. The maximum atomic E-state index is 9.44. The molecule has 0 radical (unpaired) electrons. The van der Waals surface area contributed by atoms with Crippen molar-refractivity contribution in [2.45, 2.75) is 6.92 Å². The number of rotatable bonds is 5.